The van der Waals surface area contributed by atoms with Gasteiger partial charge in [0.25, 0.3) is 0 Å². The van der Waals surface area contributed by atoms with Crippen molar-refractivity contribution < 1.29 is 19.4 Å². The largest absolute Gasteiger partial charge is 0.480 e. The molecular weight excluding hydrogens is 262 g/mol. The molecule has 7 nitrogen and oxygen atoms in total. The monoisotopic (exact) mass is 285 g/mol. The van der Waals surface area contributed by atoms with Crippen LogP contribution in [0.4, 0.5) is 0 Å². The summed E-state index contributed by atoms with van der Waals surface area (Å²) in [6.45, 7) is 4.84. The first-order valence-corrected chi connectivity index (χ1v) is 7.18. The van der Waals surface area contributed by atoms with Crippen LogP contribution in [0.2, 0.25) is 0 Å². The summed E-state index contributed by atoms with van der Waals surface area (Å²) in [5.41, 5.74) is 0. The second kappa shape index (κ2) is 7.56. The first kappa shape index (κ1) is 15.2. The highest BCUT2D eigenvalue weighted by molar-refractivity contribution is 5.77. The molecule has 0 bridgehead atoms. The Morgan fingerprint density at radius 3 is 2.80 bits per heavy atom. The maximum atomic E-state index is 12.2. The molecule has 0 aromatic heterocycles. The smallest absolute Gasteiger partial charge is 0.317 e. The lowest BCUT2D eigenvalue weighted by atomic mass is 10.1. The number of ether oxygens (including phenoxy) is 1. The number of amides is 1. The van der Waals surface area contributed by atoms with Crippen molar-refractivity contribution in [3.8, 4) is 0 Å². The maximum Gasteiger partial charge on any atom is 0.317 e. The molecule has 0 aliphatic carbocycles. The minimum Gasteiger partial charge on any atom is -0.480 e. The standard InChI is InChI=1S/C13H23N3O4/c17-12(8-11-10-20-7-2-14-11)16-4-1-3-15(5-6-16)9-13(18)19/h11,14H,1-10H2,(H,18,19). The van der Waals surface area contributed by atoms with Crippen LogP contribution in [0.3, 0.4) is 0 Å². The highest BCUT2D eigenvalue weighted by Crippen LogP contribution is 2.07. The molecule has 2 saturated heterocycles. The van der Waals surface area contributed by atoms with Crippen LogP contribution in [0.1, 0.15) is 12.8 Å². The Balaban J connectivity index is 1.77. The lowest BCUT2D eigenvalue weighted by Crippen LogP contribution is -2.45. The van der Waals surface area contributed by atoms with E-state index in [2.05, 4.69) is 5.32 Å². The summed E-state index contributed by atoms with van der Waals surface area (Å²) in [5.74, 6) is -0.682. The topological polar surface area (TPSA) is 82.1 Å². The number of rotatable bonds is 4. The Hall–Kier alpha value is -1.18. The van der Waals surface area contributed by atoms with Crippen molar-refractivity contribution in [1.82, 2.24) is 15.1 Å². The van der Waals surface area contributed by atoms with Gasteiger partial charge in [-0.05, 0) is 6.42 Å². The van der Waals surface area contributed by atoms with Crippen LogP contribution in [-0.4, -0.2) is 85.3 Å². The van der Waals surface area contributed by atoms with Gasteiger partial charge in [-0.1, -0.05) is 0 Å². The average molecular weight is 285 g/mol. The van der Waals surface area contributed by atoms with Crippen molar-refractivity contribution in [1.29, 1.82) is 0 Å². The van der Waals surface area contributed by atoms with Crippen LogP contribution in [0, 0.1) is 0 Å². The van der Waals surface area contributed by atoms with Gasteiger partial charge < -0.3 is 20.1 Å². The quantitative estimate of drug-likeness (QED) is 0.688. The van der Waals surface area contributed by atoms with Crippen LogP contribution < -0.4 is 5.32 Å². The molecule has 2 heterocycles. The average Bonchev–Trinajstić information content (AvgIpc) is 2.65. The second-order valence-electron chi connectivity index (χ2n) is 5.33. The van der Waals surface area contributed by atoms with Crippen LogP contribution >= 0.6 is 0 Å². The van der Waals surface area contributed by atoms with Crippen molar-refractivity contribution in [3.63, 3.8) is 0 Å². The zero-order valence-corrected chi connectivity index (χ0v) is 11.7. The lowest BCUT2D eigenvalue weighted by molar-refractivity contribution is -0.138. The van der Waals surface area contributed by atoms with Crippen molar-refractivity contribution in [3.05, 3.63) is 0 Å². The minimum absolute atomic E-state index is 0.0556. The molecule has 0 spiro atoms. The van der Waals surface area contributed by atoms with Crippen molar-refractivity contribution in [2.45, 2.75) is 18.9 Å². The summed E-state index contributed by atoms with van der Waals surface area (Å²) in [6, 6.07) is 0.106. The predicted octanol–water partition coefficient (Wildman–Crippen LogP) is -1.02. The number of nitrogens with one attached hydrogen (secondary N) is 1. The second-order valence-corrected chi connectivity index (χ2v) is 5.33. The van der Waals surface area contributed by atoms with Gasteiger partial charge in [0.15, 0.2) is 0 Å². The third-order valence-corrected chi connectivity index (χ3v) is 3.72. The van der Waals surface area contributed by atoms with E-state index >= 15 is 0 Å². The summed E-state index contributed by atoms with van der Waals surface area (Å²) in [4.78, 5) is 26.7. The molecule has 0 radical (unpaired) electrons. The van der Waals surface area contributed by atoms with E-state index in [9.17, 15) is 9.59 Å². The fraction of sp³-hybridized carbons (Fsp3) is 0.846. The summed E-state index contributed by atoms with van der Waals surface area (Å²) >= 11 is 0. The highest BCUT2D eigenvalue weighted by Gasteiger charge is 2.23. The first-order chi connectivity index (χ1) is 9.65. The molecule has 1 atom stereocenters. The van der Waals surface area contributed by atoms with Gasteiger partial charge >= 0.3 is 5.97 Å². The molecule has 0 aromatic rings. The maximum absolute atomic E-state index is 12.2. The van der Waals surface area contributed by atoms with Gasteiger partial charge in [0.2, 0.25) is 5.91 Å². The molecular formula is C13H23N3O4. The summed E-state index contributed by atoms with van der Waals surface area (Å²) in [5, 5.41) is 12.1. The van der Waals surface area contributed by atoms with E-state index in [1.54, 1.807) is 0 Å². The van der Waals surface area contributed by atoms with E-state index in [0.717, 1.165) is 19.5 Å². The summed E-state index contributed by atoms with van der Waals surface area (Å²) < 4.78 is 5.35. The Morgan fingerprint density at radius 1 is 1.25 bits per heavy atom. The van der Waals surface area contributed by atoms with E-state index in [4.69, 9.17) is 9.84 Å². The van der Waals surface area contributed by atoms with Crippen molar-refractivity contribution in [2.75, 3.05) is 52.5 Å². The molecule has 20 heavy (non-hydrogen) atoms. The zero-order valence-electron chi connectivity index (χ0n) is 11.7. The number of carbonyl (C=O) groups is 2. The van der Waals surface area contributed by atoms with E-state index < -0.39 is 5.97 Å². The van der Waals surface area contributed by atoms with Crippen molar-refractivity contribution >= 4 is 11.9 Å². The van der Waals surface area contributed by atoms with Gasteiger partial charge in [0, 0.05) is 45.2 Å². The number of morpholine rings is 1. The number of carboxylic acids is 1. The van der Waals surface area contributed by atoms with E-state index in [-0.39, 0.29) is 18.5 Å². The van der Waals surface area contributed by atoms with Gasteiger partial charge in [-0.25, -0.2) is 0 Å². The zero-order chi connectivity index (χ0) is 14.4. The SMILES string of the molecule is O=C(O)CN1CCCN(C(=O)CC2COCCN2)CC1. The lowest BCUT2D eigenvalue weighted by Gasteiger charge is -2.27. The number of hydrogen-bond donors (Lipinski definition) is 2. The van der Waals surface area contributed by atoms with Crippen molar-refractivity contribution in [2.24, 2.45) is 0 Å². The van der Waals surface area contributed by atoms with E-state index in [1.165, 1.54) is 0 Å². The molecule has 114 valence electrons. The fourth-order valence-corrected chi connectivity index (χ4v) is 2.66. The number of aliphatic carboxylic acids is 1. The summed E-state index contributed by atoms with van der Waals surface area (Å²) in [7, 11) is 0. The van der Waals surface area contributed by atoms with Crippen LogP contribution in [0.5, 0.6) is 0 Å². The van der Waals surface area contributed by atoms with Gasteiger partial charge in [-0.3, -0.25) is 14.5 Å². The first-order valence-electron chi connectivity index (χ1n) is 7.18. The Bertz CT molecular complexity index is 345. The minimum atomic E-state index is -0.812. The van der Waals surface area contributed by atoms with Gasteiger partial charge in [-0.2, -0.15) is 0 Å². The number of hydrogen-bond acceptors (Lipinski definition) is 5. The molecule has 2 N–H and O–H groups in total. The molecule has 2 rings (SSSR count). The molecule has 7 heteroatoms. The van der Waals surface area contributed by atoms with E-state index in [0.29, 0.717) is 39.3 Å². The van der Waals surface area contributed by atoms with Crippen LogP contribution in [-0.2, 0) is 14.3 Å². The molecule has 0 saturated carbocycles. The van der Waals surface area contributed by atoms with Crippen LogP contribution in [0.25, 0.3) is 0 Å². The molecule has 2 aliphatic heterocycles. The van der Waals surface area contributed by atoms with E-state index in [1.807, 2.05) is 9.80 Å². The third-order valence-electron chi connectivity index (χ3n) is 3.72. The van der Waals surface area contributed by atoms with Gasteiger partial charge in [-0.15, -0.1) is 0 Å². The Morgan fingerprint density at radius 2 is 2.10 bits per heavy atom. The Labute approximate surface area is 118 Å². The van der Waals surface area contributed by atoms with Crippen LogP contribution in [0.15, 0.2) is 0 Å². The normalized spacial score (nSPS) is 25.2. The number of carboxylic acid groups (broad SMARTS) is 1. The fourth-order valence-electron chi connectivity index (χ4n) is 2.66. The molecule has 1 unspecified atom stereocenters. The molecule has 2 fully saturated rings. The van der Waals surface area contributed by atoms with Gasteiger partial charge in [0.1, 0.15) is 0 Å². The molecule has 1 amide bonds. The Kier molecular flexibility index (Phi) is 5.75. The third kappa shape index (κ3) is 4.73. The molecule has 2 aliphatic rings. The number of nitrogens with zero attached hydrogens (tertiary/aromatic N) is 2. The highest BCUT2D eigenvalue weighted by atomic mass is 16.5. The molecule has 0 aromatic carbocycles. The predicted molar refractivity (Wildman–Crippen MR) is 72.5 cm³/mol. The van der Waals surface area contributed by atoms with Gasteiger partial charge in [0.05, 0.1) is 19.8 Å². The summed E-state index contributed by atoms with van der Waals surface area (Å²) in [6.07, 6.45) is 1.28. The number of carbonyl (C=O) groups excluding carboxylic acids is 1.